The topological polar surface area (TPSA) is 57.8 Å². The van der Waals surface area contributed by atoms with Gasteiger partial charge in [-0.1, -0.05) is 19.1 Å². The van der Waals surface area contributed by atoms with Gasteiger partial charge in [0.1, 0.15) is 11.5 Å². The van der Waals surface area contributed by atoms with Gasteiger partial charge in [-0.3, -0.25) is 4.79 Å². The first-order valence-corrected chi connectivity index (χ1v) is 7.62. The van der Waals surface area contributed by atoms with Gasteiger partial charge in [0.05, 0.1) is 5.56 Å². The zero-order valence-corrected chi connectivity index (χ0v) is 13.1. The van der Waals surface area contributed by atoms with Crippen molar-refractivity contribution in [1.29, 1.82) is 0 Å². The molecule has 2 N–H and O–H groups in total. The molecular weight excluding hydrogens is 293 g/mol. The number of amides is 1. The summed E-state index contributed by atoms with van der Waals surface area (Å²) in [5, 5.41) is 3.67. The summed E-state index contributed by atoms with van der Waals surface area (Å²) in [7, 11) is 0. The maximum Gasteiger partial charge on any atom is 0.253 e. The van der Waals surface area contributed by atoms with Gasteiger partial charge in [0, 0.05) is 29.4 Å². The average molecular weight is 311 g/mol. The Labute approximate surface area is 133 Å². The molecule has 0 unspecified atom stereocenters. The summed E-state index contributed by atoms with van der Waals surface area (Å²) >= 11 is 0. The molecule has 3 rings (SSSR count). The molecule has 3 aromatic rings. The molecule has 0 aliphatic heterocycles. The molecule has 2 heterocycles. The third kappa shape index (κ3) is 3.08. The summed E-state index contributed by atoms with van der Waals surface area (Å²) in [5.41, 5.74) is 2.69. The number of nitrogens with one attached hydrogen (secondary N) is 2. The van der Waals surface area contributed by atoms with E-state index in [1.165, 1.54) is 12.1 Å². The second kappa shape index (κ2) is 6.20. The first-order valence-electron chi connectivity index (χ1n) is 7.62. The summed E-state index contributed by atoms with van der Waals surface area (Å²) in [6.45, 7) is 3.98. The minimum absolute atomic E-state index is 0.104. The van der Waals surface area contributed by atoms with Gasteiger partial charge >= 0.3 is 0 Å². The van der Waals surface area contributed by atoms with Crippen LogP contribution in [0, 0.1) is 5.82 Å². The lowest BCUT2D eigenvalue weighted by molar-refractivity contribution is 0.0941. The highest BCUT2D eigenvalue weighted by Gasteiger charge is 2.15. The number of pyridine rings is 1. The van der Waals surface area contributed by atoms with E-state index in [-0.39, 0.29) is 17.8 Å². The van der Waals surface area contributed by atoms with Crippen LogP contribution in [0.15, 0.2) is 42.7 Å². The van der Waals surface area contributed by atoms with E-state index in [4.69, 9.17) is 0 Å². The summed E-state index contributed by atoms with van der Waals surface area (Å²) in [6, 6.07) is 8.29. The number of halogens is 1. The van der Waals surface area contributed by atoms with Crippen LogP contribution in [-0.2, 0) is 0 Å². The van der Waals surface area contributed by atoms with Crippen molar-refractivity contribution in [3.05, 3.63) is 54.1 Å². The van der Waals surface area contributed by atoms with Crippen molar-refractivity contribution in [2.75, 3.05) is 0 Å². The largest absolute Gasteiger partial charge is 0.350 e. The van der Waals surface area contributed by atoms with Crippen molar-refractivity contribution in [2.24, 2.45) is 0 Å². The SMILES string of the molecule is CC[C@H](C)NC(=O)c1c[nH]c2ncc(-c3cccc(F)c3)cc12. The number of nitrogens with zero attached hydrogens (tertiary/aromatic N) is 1. The van der Waals surface area contributed by atoms with Crippen molar-refractivity contribution in [2.45, 2.75) is 26.3 Å². The molecular formula is C18H18FN3O. The maximum atomic E-state index is 13.4. The van der Waals surface area contributed by atoms with Crippen molar-refractivity contribution < 1.29 is 9.18 Å². The van der Waals surface area contributed by atoms with Crippen molar-refractivity contribution >= 4 is 16.9 Å². The number of H-pyrrole nitrogens is 1. The van der Waals surface area contributed by atoms with Crippen LogP contribution in [0.5, 0.6) is 0 Å². The molecule has 5 heteroatoms. The molecule has 0 spiro atoms. The Kier molecular flexibility index (Phi) is 4.10. The van der Waals surface area contributed by atoms with Gasteiger partial charge < -0.3 is 10.3 Å². The monoisotopic (exact) mass is 311 g/mol. The second-order valence-corrected chi connectivity index (χ2v) is 5.62. The zero-order chi connectivity index (χ0) is 16.4. The van der Waals surface area contributed by atoms with Crippen molar-refractivity contribution in [1.82, 2.24) is 15.3 Å². The van der Waals surface area contributed by atoms with Crippen LogP contribution in [0.1, 0.15) is 30.6 Å². The first-order chi connectivity index (χ1) is 11.1. The lowest BCUT2D eigenvalue weighted by Gasteiger charge is -2.10. The van der Waals surface area contributed by atoms with E-state index in [1.807, 2.05) is 26.0 Å². The van der Waals surface area contributed by atoms with E-state index in [1.54, 1.807) is 18.5 Å². The number of rotatable bonds is 4. The molecule has 0 fully saturated rings. The minimum Gasteiger partial charge on any atom is -0.350 e. The Morgan fingerprint density at radius 3 is 2.91 bits per heavy atom. The smallest absolute Gasteiger partial charge is 0.253 e. The molecule has 23 heavy (non-hydrogen) atoms. The fourth-order valence-electron chi connectivity index (χ4n) is 2.42. The summed E-state index contributed by atoms with van der Waals surface area (Å²) in [6.07, 6.45) is 4.19. The highest BCUT2D eigenvalue weighted by molar-refractivity contribution is 6.06. The Morgan fingerprint density at radius 2 is 2.17 bits per heavy atom. The number of carbonyl (C=O) groups excluding carboxylic acids is 1. The van der Waals surface area contributed by atoms with Gasteiger partial charge in [-0.2, -0.15) is 0 Å². The molecule has 1 atom stereocenters. The summed E-state index contributed by atoms with van der Waals surface area (Å²) in [4.78, 5) is 19.7. The Bertz CT molecular complexity index is 856. The zero-order valence-electron chi connectivity index (χ0n) is 13.1. The molecule has 118 valence electrons. The van der Waals surface area contributed by atoms with E-state index >= 15 is 0 Å². The van der Waals surface area contributed by atoms with Crippen LogP contribution >= 0.6 is 0 Å². The van der Waals surface area contributed by atoms with Crippen molar-refractivity contribution in [3.8, 4) is 11.1 Å². The van der Waals surface area contributed by atoms with Crippen LogP contribution in [0.3, 0.4) is 0 Å². The molecule has 0 saturated heterocycles. The van der Waals surface area contributed by atoms with Crippen LogP contribution in [0.4, 0.5) is 4.39 Å². The lowest BCUT2D eigenvalue weighted by atomic mass is 10.1. The van der Waals surface area contributed by atoms with Gasteiger partial charge in [0.2, 0.25) is 0 Å². The first kappa shape index (κ1) is 15.2. The Hall–Kier alpha value is -2.69. The lowest BCUT2D eigenvalue weighted by Crippen LogP contribution is -2.31. The van der Waals surface area contributed by atoms with Gasteiger partial charge in [-0.05, 0) is 37.1 Å². The summed E-state index contributed by atoms with van der Waals surface area (Å²) in [5.74, 6) is -0.435. The van der Waals surface area contributed by atoms with E-state index in [2.05, 4.69) is 15.3 Å². The molecule has 0 aliphatic carbocycles. The van der Waals surface area contributed by atoms with Gasteiger partial charge in [-0.25, -0.2) is 9.37 Å². The van der Waals surface area contributed by atoms with Gasteiger partial charge in [-0.15, -0.1) is 0 Å². The van der Waals surface area contributed by atoms with E-state index in [0.717, 1.165) is 22.9 Å². The standard InChI is InChI=1S/C18H18FN3O/c1-3-11(2)22-18(23)16-10-21-17-15(16)8-13(9-20-17)12-5-4-6-14(19)7-12/h4-11H,3H2,1-2H3,(H,20,21)(H,22,23)/t11-/m0/s1. The van der Waals surface area contributed by atoms with Crippen molar-refractivity contribution in [3.63, 3.8) is 0 Å². The van der Waals surface area contributed by atoms with Crippen LogP contribution in [0.2, 0.25) is 0 Å². The van der Waals surface area contributed by atoms with Crippen LogP contribution in [0.25, 0.3) is 22.2 Å². The average Bonchev–Trinajstić information content (AvgIpc) is 2.97. The predicted molar refractivity (Wildman–Crippen MR) is 88.7 cm³/mol. The molecule has 0 aliphatic rings. The molecule has 2 aromatic heterocycles. The Morgan fingerprint density at radius 1 is 1.35 bits per heavy atom. The highest BCUT2D eigenvalue weighted by Crippen LogP contribution is 2.25. The highest BCUT2D eigenvalue weighted by atomic mass is 19.1. The van der Waals surface area contributed by atoms with Crippen LogP contribution < -0.4 is 5.32 Å². The fraction of sp³-hybridized carbons (Fsp3) is 0.222. The minimum atomic E-state index is -0.300. The molecule has 1 amide bonds. The quantitative estimate of drug-likeness (QED) is 0.768. The molecule has 4 nitrogen and oxygen atoms in total. The number of carbonyl (C=O) groups is 1. The number of aromatic amines is 1. The number of hydrogen-bond acceptors (Lipinski definition) is 2. The molecule has 0 saturated carbocycles. The van der Waals surface area contributed by atoms with Gasteiger partial charge in [0.25, 0.3) is 5.91 Å². The molecule has 1 aromatic carbocycles. The second-order valence-electron chi connectivity index (χ2n) is 5.62. The number of hydrogen-bond donors (Lipinski definition) is 2. The third-order valence-electron chi connectivity index (χ3n) is 3.92. The maximum absolute atomic E-state index is 13.4. The summed E-state index contributed by atoms with van der Waals surface area (Å²) < 4.78 is 13.4. The van der Waals surface area contributed by atoms with E-state index in [9.17, 15) is 9.18 Å². The fourth-order valence-corrected chi connectivity index (χ4v) is 2.42. The number of aromatic nitrogens is 2. The Balaban J connectivity index is 2.02. The predicted octanol–water partition coefficient (Wildman–Crippen LogP) is 3.90. The molecule has 0 bridgehead atoms. The third-order valence-corrected chi connectivity index (χ3v) is 3.92. The van der Waals surface area contributed by atoms with E-state index in [0.29, 0.717) is 11.2 Å². The molecule has 0 radical (unpaired) electrons. The van der Waals surface area contributed by atoms with Gasteiger partial charge in [0.15, 0.2) is 0 Å². The van der Waals surface area contributed by atoms with E-state index < -0.39 is 0 Å². The number of fused-ring (bicyclic) bond motifs is 1. The van der Waals surface area contributed by atoms with Crippen LogP contribution in [-0.4, -0.2) is 21.9 Å². The normalized spacial score (nSPS) is 12.3. The number of benzene rings is 1.